The van der Waals surface area contributed by atoms with Gasteiger partial charge in [-0.1, -0.05) is 24.3 Å². The number of aromatic nitrogens is 1. The van der Waals surface area contributed by atoms with Crippen LogP contribution in [0.25, 0.3) is 10.9 Å². The van der Waals surface area contributed by atoms with E-state index in [2.05, 4.69) is 10.9 Å². The molecule has 2 heterocycles. The van der Waals surface area contributed by atoms with Gasteiger partial charge in [-0.05, 0) is 30.2 Å². The Morgan fingerprint density at radius 2 is 1.89 bits per heavy atom. The van der Waals surface area contributed by atoms with Crippen molar-refractivity contribution in [3.8, 4) is 11.5 Å². The van der Waals surface area contributed by atoms with E-state index < -0.39 is 0 Å². The standard InChI is InChI=1S/C20H19N3O4/c1-23-11-15(14-4-2-3-5-16(14)23)20(25)22-21-19(24)9-7-13-6-8-17-18(10-13)27-12-26-17/h2-6,8,10-11H,7,9,12H2,1H3,(H,21,24)(H,22,25). The first kappa shape index (κ1) is 17.0. The quantitative estimate of drug-likeness (QED) is 0.695. The summed E-state index contributed by atoms with van der Waals surface area (Å²) in [6.45, 7) is 0.222. The van der Waals surface area contributed by atoms with Crippen molar-refractivity contribution in [1.82, 2.24) is 15.4 Å². The highest BCUT2D eigenvalue weighted by Crippen LogP contribution is 2.32. The Hall–Kier alpha value is -3.48. The number of nitrogens with zero attached hydrogens (tertiary/aromatic N) is 1. The van der Waals surface area contributed by atoms with Gasteiger partial charge in [-0.15, -0.1) is 0 Å². The summed E-state index contributed by atoms with van der Waals surface area (Å²) < 4.78 is 12.5. The molecule has 0 atom stereocenters. The maximum atomic E-state index is 12.4. The largest absolute Gasteiger partial charge is 0.454 e. The van der Waals surface area contributed by atoms with Crippen LogP contribution in [-0.4, -0.2) is 23.2 Å². The number of benzene rings is 2. The fourth-order valence-corrected chi connectivity index (χ4v) is 3.13. The predicted octanol–water partition coefficient (Wildman–Crippen LogP) is 2.30. The molecule has 0 radical (unpaired) electrons. The van der Waals surface area contributed by atoms with Crippen molar-refractivity contribution in [1.29, 1.82) is 0 Å². The summed E-state index contributed by atoms with van der Waals surface area (Å²) in [5.74, 6) is 0.798. The third-order valence-electron chi connectivity index (χ3n) is 4.53. The highest BCUT2D eigenvalue weighted by molar-refractivity contribution is 6.07. The van der Waals surface area contributed by atoms with Gasteiger partial charge in [-0.2, -0.15) is 0 Å². The number of hydrazine groups is 1. The van der Waals surface area contributed by atoms with Gasteiger partial charge in [0, 0.05) is 30.6 Å². The molecule has 2 N–H and O–H groups in total. The van der Waals surface area contributed by atoms with Gasteiger partial charge in [0.05, 0.1) is 5.56 Å². The molecule has 1 aliphatic heterocycles. The van der Waals surface area contributed by atoms with Gasteiger partial charge in [-0.3, -0.25) is 20.4 Å². The van der Waals surface area contributed by atoms with E-state index in [1.54, 1.807) is 6.20 Å². The molecule has 0 unspecified atom stereocenters. The molecule has 3 aromatic rings. The molecule has 0 bridgehead atoms. The van der Waals surface area contributed by atoms with E-state index in [9.17, 15) is 9.59 Å². The number of para-hydroxylation sites is 1. The lowest BCUT2D eigenvalue weighted by Gasteiger charge is -2.07. The number of aryl methyl sites for hydroxylation is 2. The lowest BCUT2D eigenvalue weighted by atomic mass is 10.1. The smallest absolute Gasteiger partial charge is 0.271 e. The fraction of sp³-hybridized carbons (Fsp3) is 0.200. The maximum Gasteiger partial charge on any atom is 0.271 e. The van der Waals surface area contributed by atoms with Crippen molar-refractivity contribution in [2.24, 2.45) is 7.05 Å². The van der Waals surface area contributed by atoms with Gasteiger partial charge in [0.25, 0.3) is 5.91 Å². The van der Waals surface area contributed by atoms with Crippen molar-refractivity contribution >= 4 is 22.7 Å². The SMILES string of the molecule is Cn1cc(C(=O)NNC(=O)CCc2ccc3c(c2)OCO3)c2ccccc21. The second-order valence-corrected chi connectivity index (χ2v) is 6.36. The van der Waals surface area contributed by atoms with Gasteiger partial charge in [0.2, 0.25) is 12.7 Å². The molecular weight excluding hydrogens is 346 g/mol. The molecule has 7 heteroatoms. The van der Waals surface area contributed by atoms with Crippen LogP contribution < -0.4 is 20.3 Å². The van der Waals surface area contributed by atoms with Crippen LogP contribution in [0.4, 0.5) is 0 Å². The average molecular weight is 365 g/mol. The third-order valence-corrected chi connectivity index (χ3v) is 4.53. The van der Waals surface area contributed by atoms with E-state index in [4.69, 9.17) is 9.47 Å². The van der Waals surface area contributed by atoms with Crippen molar-refractivity contribution in [3.05, 3.63) is 59.8 Å². The van der Waals surface area contributed by atoms with E-state index in [0.717, 1.165) is 16.5 Å². The lowest BCUT2D eigenvalue weighted by molar-refractivity contribution is -0.121. The van der Waals surface area contributed by atoms with Crippen molar-refractivity contribution in [2.45, 2.75) is 12.8 Å². The van der Waals surface area contributed by atoms with Gasteiger partial charge in [0.1, 0.15) is 0 Å². The lowest BCUT2D eigenvalue weighted by Crippen LogP contribution is -2.41. The number of rotatable bonds is 4. The van der Waals surface area contributed by atoms with E-state index in [-0.39, 0.29) is 25.0 Å². The zero-order chi connectivity index (χ0) is 18.8. The number of carbonyl (C=O) groups is 2. The van der Waals surface area contributed by atoms with Crippen LogP contribution in [-0.2, 0) is 18.3 Å². The second kappa shape index (κ2) is 7.03. The summed E-state index contributed by atoms with van der Waals surface area (Å²) in [7, 11) is 1.88. The number of hydrogen-bond acceptors (Lipinski definition) is 4. The first-order valence-electron chi connectivity index (χ1n) is 8.63. The summed E-state index contributed by atoms with van der Waals surface area (Å²) in [5, 5.41) is 0.840. The zero-order valence-electron chi connectivity index (χ0n) is 14.8. The third kappa shape index (κ3) is 3.44. The van der Waals surface area contributed by atoms with Crippen molar-refractivity contribution < 1.29 is 19.1 Å². The predicted molar refractivity (Wildman–Crippen MR) is 99.4 cm³/mol. The maximum absolute atomic E-state index is 12.4. The molecule has 0 aliphatic carbocycles. The Balaban J connectivity index is 1.33. The topological polar surface area (TPSA) is 81.6 Å². The Bertz CT molecular complexity index is 1030. The van der Waals surface area contributed by atoms with Crippen LogP contribution in [0.1, 0.15) is 22.3 Å². The molecular formula is C20H19N3O4. The molecule has 2 amide bonds. The molecule has 138 valence electrons. The van der Waals surface area contributed by atoms with Gasteiger partial charge in [0.15, 0.2) is 11.5 Å². The molecule has 0 spiro atoms. The molecule has 0 saturated carbocycles. The van der Waals surface area contributed by atoms with Crippen LogP contribution in [0.3, 0.4) is 0 Å². The number of hydrogen-bond donors (Lipinski definition) is 2. The van der Waals surface area contributed by atoms with E-state index in [1.807, 2.05) is 54.1 Å². The van der Waals surface area contributed by atoms with Gasteiger partial charge < -0.3 is 14.0 Å². The van der Waals surface area contributed by atoms with Gasteiger partial charge in [-0.25, -0.2) is 0 Å². The second-order valence-electron chi connectivity index (χ2n) is 6.36. The van der Waals surface area contributed by atoms with Crippen LogP contribution in [0.5, 0.6) is 11.5 Å². The first-order chi connectivity index (χ1) is 13.1. The molecule has 0 saturated heterocycles. The van der Waals surface area contributed by atoms with Crippen LogP contribution in [0.15, 0.2) is 48.7 Å². The Morgan fingerprint density at radius 3 is 2.78 bits per heavy atom. The number of nitrogens with one attached hydrogen (secondary N) is 2. The minimum atomic E-state index is -0.344. The number of fused-ring (bicyclic) bond motifs is 2. The van der Waals surface area contributed by atoms with Crippen LogP contribution >= 0.6 is 0 Å². The minimum Gasteiger partial charge on any atom is -0.454 e. The normalized spacial score (nSPS) is 12.2. The van der Waals surface area contributed by atoms with Crippen LogP contribution in [0, 0.1) is 0 Å². The summed E-state index contributed by atoms with van der Waals surface area (Å²) in [6.07, 6.45) is 2.53. The number of ether oxygens (including phenoxy) is 2. The number of carbonyl (C=O) groups excluding carboxylic acids is 2. The highest BCUT2D eigenvalue weighted by atomic mass is 16.7. The summed E-state index contributed by atoms with van der Waals surface area (Å²) in [5.41, 5.74) is 7.40. The molecule has 0 fully saturated rings. The van der Waals surface area contributed by atoms with E-state index in [0.29, 0.717) is 23.5 Å². The van der Waals surface area contributed by atoms with Crippen molar-refractivity contribution in [3.63, 3.8) is 0 Å². The van der Waals surface area contributed by atoms with E-state index in [1.165, 1.54) is 0 Å². The summed E-state index contributed by atoms with van der Waals surface area (Å²) in [6, 6.07) is 13.2. The molecule has 4 rings (SSSR count). The fourth-order valence-electron chi connectivity index (χ4n) is 3.13. The van der Waals surface area contributed by atoms with E-state index >= 15 is 0 Å². The zero-order valence-corrected chi connectivity index (χ0v) is 14.8. The molecule has 1 aliphatic rings. The molecule has 2 aromatic carbocycles. The molecule has 27 heavy (non-hydrogen) atoms. The number of amides is 2. The Kier molecular flexibility index (Phi) is 4.42. The van der Waals surface area contributed by atoms with Crippen LogP contribution in [0.2, 0.25) is 0 Å². The van der Waals surface area contributed by atoms with Gasteiger partial charge >= 0.3 is 0 Å². The summed E-state index contributed by atoms with van der Waals surface area (Å²) >= 11 is 0. The minimum absolute atomic E-state index is 0.222. The highest BCUT2D eigenvalue weighted by Gasteiger charge is 2.15. The molecule has 1 aromatic heterocycles. The first-order valence-corrected chi connectivity index (χ1v) is 8.63. The molecule has 7 nitrogen and oxygen atoms in total. The monoisotopic (exact) mass is 365 g/mol. The van der Waals surface area contributed by atoms with Crippen molar-refractivity contribution in [2.75, 3.05) is 6.79 Å². The average Bonchev–Trinajstić information content (AvgIpc) is 3.29. The summed E-state index contributed by atoms with van der Waals surface area (Å²) in [4.78, 5) is 24.5. The Morgan fingerprint density at radius 1 is 1.07 bits per heavy atom. The Labute approximate surface area is 155 Å².